The van der Waals surface area contributed by atoms with Crippen LogP contribution < -0.4 is 4.74 Å². The maximum atomic E-state index is 12.5. The molecule has 1 aromatic rings. The van der Waals surface area contributed by atoms with Crippen molar-refractivity contribution in [3.8, 4) is 5.75 Å². The van der Waals surface area contributed by atoms with E-state index in [9.17, 15) is 26.1 Å². The molecule has 96 valence electrons. The normalized spacial score (nSPS) is 12.6. The van der Waals surface area contributed by atoms with Crippen LogP contribution in [0, 0.1) is 0 Å². The third-order valence-electron chi connectivity index (χ3n) is 2.04. The minimum atomic E-state index is -5.16. The first-order chi connectivity index (χ1) is 7.63. The minimum Gasteiger partial charge on any atom is -0.496 e. The lowest BCUT2D eigenvalue weighted by Crippen LogP contribution is -2.20. The summed E-state index contributed by atoms with van der Waals surface area (Å²) in [4.78, 5) is 0. The lowest BCUT2D eigenvalue weighted by Gasteiger charge is -2.17. The van der Waals surface area contributed by atoms with Crippen molar-refractivity contribution in [2.75, 3.05) is 7.11 Å². The van der Waals surface area contributed by atoms with Gasteiger partial charge in [-0.2, -0.15) is 13.2 Å². The summed E-state index contributed by atoms with van der Waals surface area (Å²) in [6.07, 6.45) is -6.08. The first kappa shape index (κ1) is 13.7. The van der Waals surface area contributed by atoms with Gasteiger partial charge in [-0.1, -0.05) is 17.9 Å². The van der Waals surface area contributed by atoms with E-state index in [1.54, 1.807) is 0 Å². The zero-order valence-corrected chi connectivity index (χ0v) is 8.69. The Morgan fingerprint density at radius 3 is 2.18 bits per heavy atom. The van der Waals surface area contributed by atoms with E-state index >= 15 is 0 Å². The summed E-state index contributed by atoms with van der Waals surface area (Å²) >= 11 is 0. The van der Waals surface area contributed by atoms with Crippen LogP contribution in [0.2, 0.25) is 0 Å². The van der Waals surface area contributed by atoms with Gasteiger partial charge in [-0.05, 0) is 12.1 Å². The Hall–Kier alpha value is -1.34. The van der Waals surface area contributed by atoms with Gasteiger partial charge in [0.15, 0.2) is 0 Å². The van der Waals surface area contributed by atoms with Crippen LogP contribution >= 0.6 is 0 Å². The number of ether oxygens (including phenoxy) is 1. The zero-order chi connectivity index (χ0) is 13.3. The van der Waals surface area contributed by atoms with Gasteiger partial charge in [0, 0.05) is 0 Å². The summed E-state index contributed by atoms with van der Waals surface area (Å²) < 4.78 is 78.2. The van der Waals surface area contributed by atoms with Crippen molar-refractivity contribution in [2.45, 2.75) is 12.5 Å². The molecule has 0 aliphatic carbocycles. The SMILES string of the molecule is COc1ccc(C[B-](F)(F)F)cc1C(F)(F)F. The number of hydrogen-bond acceptors (Lipinski definition) is 1. The van der Waals surface area contributed by atoms with Crippen LogP contribution in [-0.2, 0) is 12.5 Å². The highest BCUT2D eigenvalue weighted by Gasteiger charge is 2.35. The molecule has 0 atom stereocenters. The Morgan fingerprint density at radius 1 is 1.18 bits per heavy atom. The lowest BCUT2D eigenvalue weighted by atomic mass is 9.81. The Bertz CT molecular complexity index is 397. The Morgan fingerprint density at radius 2 is 1.76 bits per heavy atom. The van der Waals surface area contributed by atoms with E-state index in [1.165, 1.54) is 0 Å². The molecule has 0 saturated carbocycles. The molecule has 0 heterocycles. The third kappa shape index (κ3) is 3.87. The van der Waals surface area contributed by atoms with Gasteiger partial charge in [0.05, 0.1) is 12.7 Å². The molecule has 0 fully saturated rings. The summed E-state index contributed by atoms with van der Waals surface area (Å²) in [6, 6.07) is 2.33. The van der Waals surface area contributed by atoms with Crippen molar-refractivity contribution in [2.24, 2.45) is 0 Å². The van der Waals surface area contributed by atoms with Gasteiger partial charge in [0.2, 0.25) is 0 Å². The Kier molecular flexibility index (Phi) is 3.64. The topological polar surface area (TPSA) is 9.23 Å². The minimum absolute atomic E-state index is 0.425. The second-order valence-corrected chi connectivity index (χ2v) is 3.45. The molecule has 0 aromatic heterocycles. The highest BCUT2D eigenvalue weighted by molar-refractivity contribution is 6.57. The van der Waals surface area contributed by atoms with E-state index in [4.69, 9.17) is 0 Å². The fourth-order valence-electron chi connectivity index (χ4n) is 1.37. The van der Waals surface area contributed by atoms with Crippen LogP contribution in [0.4, 0.5) is 26.1 Å². The average molecular weight is 257 g/mol. The number of benzene rings is 1. The lowest BCUT2D eigenvalue weighted by molar-refractivity contribution is -0.138. The van der Waals surface area contributed by atoms with Crippen molar-refractivity contribution in [1.82, 2.24) is 0 Å². The maximum Gasteiger partial charge on any atom is 0.482 e. The summed E-state index contributed by atoms with van der Waals surface area (Å²) in [5, 5.41) is 0. The standard InChI is InChI=1S/C9H8BF6O/c1-17-8-3-2-6(5-10(14,15)16)4-7(8)9(11,12)13/h2-4H,5H2,1H3/q-1. The van der Waals surface area contributed by atoms with Gasteiger partial charge < -0.3 is 17.7 Å². The molecule has 0 unspecified atom stereocenters. The monoisotopic (exact) mass is 257 g/mol. The van der Waals surface area contributed by atoms with Gasteiger partial charge in [0.25, 0.3) is 0 Å². The molecule has 0 aliphatic heterocycles. The van der Waals surface area contributed by atoms with Crippen LogP contribution in [0.25, 0.3) is 0 Å². The van der Waals surface area contributed by atoms with E-state index in [0.29, 0.717) is 6.07 Å². The number of rotatable bonds is 3. The summed E-state index contributed by atoms with van der Waals surface area (Å²) in [6.45, 7) is -5.16. The van der Waals surface area contributed by atoms with Crippen LogP contribution in [0.1, 0.15) is 11.1 Å². The van der Waals surface area contributed by atoms with Gasteiger partial charge in [-0.15, -0.1) is 0 Å². The third-order valence-corrected chi connectivity index (χ3v) is 2.04. The van der Waals surface area contributed by atoms with Crippen LogP contribution in [0.3, 0.4) is 0 Å². The molecule has 0 radical (unpaired) electrons. The fourth-order valence-corrected chi connectivity index (χ4v) is 1.37. The Balaban J connectivity index is 3.14. The molecule has 0 saturated heterocycles. The van der Waals surface area contributed by atoms with E-state index in [1.807, 2.05) is 0 Å². The Labute approximate surface area is 93.4 Å². The molecule has 0 N–H and O–H groups in total. The van der Waals surface area contributed by atoms with Gasteiger partial charge in [0.1, 0.15) is 5.75 Å². The molecule has 1 aromatic carbocycles. The first-order valence-corrected chi connectivity index (χ1v) is 4.58. The largest absolute Gasteiger partial charge is 0.496 e. The predicted octanol–water partition coefficient (Wildman–Crippen LogP) is 3.64. The highest BCUT2D eigenvalue weighted by atomic mass is 19.4. The molecule has 17 heavy (non-hydrogen) atoms. The molecule has 1 nitrogen and oxygen atoms in total. The van der Waals surface area contributed by atoms with E-state index in [0.717, 1.165) is 19.2 Å². The van der Waals surface area contributed by atoms with Crippen molar-refractivity contribution in [1.29, 1.82) is 0 Å². The molecule has 0 amide bonds. The molecule has 0 bridgehead atoms. The van der Waals surface area contributed by atoms with Gasteiger partial charge in [-0.25, -0.2) is 0 Å². The van der Waals surface area contributed by atoms with E-state index in [2.05, 4.69) is 4.74 Å². The number of hydrogen-bond donors (Lipinski definition) is 0. The summed E-state index contributed by atoms with van der Waals surface area (Å²) in [5.74, 6) is -0.490. The van der Waals surface area contributed by atoms with Crippen molar-refractivity contribution < 1.29 is 30.9 Å². The van der Waals surface area contributed by atoms with Gasteiger partial charge >= 0.3 is 13.2 Å². The smallest absolute Gasteiger partial charge is 0.482 e. The molecule has 0 aliphatic rings. The number of alkyl halides is 3. The summed E-state index contributed by atoms with van der Waals surface area (Å²) in [5.41, 5.74) is -1.62. The van der Waals surface area contributed by atoms with E-state index in [-0.39, 0.29) is 0 Å². The van der Waals surface area contributed by atoms with Crippen LogP contribution in [0.15, 0.2) is 18.2 Å². The average Bonchev–Trinajstić information content (AvgIpc) is 2.13. The van der Waals surface area contributed by atoms with Crippen molar-refractivity contribution in [3.05, 3.63) is 29.3 Å². The number of halogens is 6. The van der Waals surface area contributed by atoms with Crippen LogP contribution in [-0.4, -0.2) is 14.1 Å². The molecule has 1 rings (SSSR count). The maximum absolute atomic E-state index is 12.5. The first-order valence-electron chi connectivity index (χ1n) is 4.58. The summed E-state index contributed by atoms with van der Waals surface area (Å²) in [7, 11) is 1.03. The molecular weight excluding hydrogens is 249 g/mol. The highest BCUT2D eigenvalue weighted by Crippen LogP contribution is 2.37. The van der Waals surface area contributed by atoms with E-state index < -0.39 is 36.4 Å². The second-order valence-electron chi connectivity index (χ2n) is 3.45. The van der Waals surface area contributed by atoms with Crippen LogP contribution in [0.5, 0.6) is 5.75 Å². The van der Waals surface area contributed by atoms with Crippen molar-refractivity contribution >= 4 is 6.98 Å². The fraction of sp³-hybridized carbons (Fsp3) is 0.333. The predicted molar refractivity (Wildman–Crippen MR) is 50.8 cm³/mol. The van der Waals surface area contributed by atoms with Gasteiger partial charge in [-0.3, -0.25) is 0 Å². The zero-order valence-electron chi connectivity index (χ0n) is 8.69. The molecule has 0 spiro atoms. The molecular formula is C9H8BF6O-. The molecule has 8 heteroatoms. The second kappa shape index (κ2) is 4.50. The quantitative estimate of drug-likeness (QED) is 0.593. The number of methoxy groups -OCH3 is 1. The van der Waals surface area contributed by atoms with Crippen molar-refractivity contribution in [3.63, 3.8) is 0 Å².